The second kappa shape index (κ2) is 5.09. The van der Waals surface area contributed by atoms with Gasteiger partial charge in [0.25, 0.3) is 10.0 Å². The topological polar surface area (TPSA) is 74.8 Å². The summed E-state index contributed by atoms with van der Waals surface area (Å²) >= 11 is 3.28. The molecule has 0 aromatic carbocycles. The quantitative estimate of drug-likeness (QED) is 0.799. The molecule has 7 heteroatoms. The second-order valence-corrected chi connectivity index (χ2v) is 5.87. The molecule has 1 aromatic heterocycles. The summed E-state index contributed by atoms with van der Waals surface area (Å²) in [6.07, 6.45) is 2.63. The summed E-state index contributed by atoms with van der Waals surface area (Å²) in [4.78, 5) is 6.25. The fourth-order valence-corrected chi connectivity index (χ4v) is 3.41. The first-order valence-corrected chi connectivity index (χ1v) is 7.14. The van der Waals surface area contributed by atoms with Gasteiger partial charge in [0.2, 0.25) is 0 Å². The van der Waals surface area contributed by atoms with Gasteiger partial charge in [-0.05, 0) is 5.92 Å². The van der Waals surface area contributed by atoms with Crippen molar-refractivity contribution >= 4 is 26.0 Å². The number of aromatic amines is 1. The number of halogens is 1. The van der Waals surface area contributed by atoms with Gasteiger partial charge in [-0.3, -0.25) is 0 Å². The molecule has 2 N–H and O–H groups in total. The molecule has 0 aliphatic heterocycles. The molecule has 1 rings (SSSR count). The minimum Gasteiger partial charge on any atom is -0.335 e. The Labute approximate surface area is 97.9 Å². The zero-order chi connectivity index (χ0) is 11.5. The lowest BCUT2D eigenvalue weighted by Gasteiger charge is -2.18. The van der Waals surface area contributed by atoms with Gasteiger partial charge in [0.15, 0.2) is 5.03 Å². The number of hydrogen-bond donors (Lipinski definition) is 2. The third-order valence-electron chi connectivity index (χ3n) is 2.04. The summed E-state index contributed by atoms with van der Waals surface area (Å²) in [7, 11) is -3.47. The van der Waals surface area contributed by atoms with Gasteiger partial charge in [0, 0.05) is 11.4 Å². The number of rotatable bonds is 5. The Morgan fingerprint density at radius 2 is 2.27 bits per heavy atom. The number of sulfonamides is 1. The van der Waals surface area contributed by atoms with Crippen LogP contribution in [0.2, 0.25) is 0 Å². The third-order valence-corrected chi connectivity index (χ3v) is 4.15. The van der Waals surface area contributed by atoms with Gasteiger partial charge in [-0.15, -0.1) is 0 Å². The zero-order valence-electron chi connectivity index (χ0n) is 8.57. The highest BCUT2D eigenvalue weighted by Crippen LogP contribution is 2.10. The molecule has 0 radical (unpaired) electrons. The number of aromatic nitrogens is 2. The fraction of sp³-hybridized carbons (Fsp3) is 0.625. The molecule has 0 saturated carbocycles. The average molecular weight is 296 g/mol. The van der Waals surface area contributed by atoms with Crippen LogP contribution in [0.15, 0.2) is 17.6 Å². The highest BCUT2D eigenvalue weighted by atomic mass is 79.9. The van der Waals surface area contributed by atoms with Crippen LogP contribution < -0.4 is 4.72 Å². The Hall–Kier alpha value is -0.400. The van der Waals surface area contributed by atoms with Gasteiger partial charge < -0.3 is 4.98 Å². The Morgan fingerprint density at radius 1 is 1.60 bits per heavy atom. The molecule has 0 amide bonds. The van der Waals surface area contributed by atoms with Crippen molar-refractivity contribution < 1.29 is 8.42 Å². The molecule has 0 spiro atoms. The van der Waals surface area contributed by atoms with Crippen LogP contribution in [-0.4, -0.2) is 29.8 Å². The van der Waals surface area contributed by atoms with Crippen LogP contribution in [0, 0.1) is 5.92 Å². The van der Waals surface area contributed by atoms with Crippen LogP contribution in [0.4, 0.5) is 0 Å². The lowest BCUT2D eigenvalue weighted by Crippen LogP contribution is -2.39. The van der Waals surface area contributed by atoms with Gasteiger partial charge in [-0.25, -0.2) is 18.1 Å². The van der Waals surface area contributed by atoms with Crippen molar-refractivity contribution in [2.45, 2.75) is 24.9 Å². The zero-order valence-corrected chi connectivity index (χ0v) is 11.0. The van der Waals surface area contributed by atoms with E-state index in [2.05, 4.69) is 30.6 Å². The van der Waals surface area contributed by atoms with Crippen LogP contribution >= 0.6 is 15.9 Å². The Balaban J connectivity index is 2.81. The van der Waals surface area contributed by atoms with Crippen LogP contribution in [0.5, 0.6) is 0 Å². The summed E-state index contributed by atoms with van der Waals surface area (Å²) in [6.45, 7) is 3.92. The van der Waals surface area contributed by atoms with E-state index in [9.17, 15) is 8.42 Å². The molecule has 15 heavy (non-hydrogen) atoms. The molecule has 5 nitrogen and oxygen atoms in total. The van der Waals surface area contributed by atoms with Crippen LogP contribution in [0.1, 0.15) is 13.8 Å². The maximum absolute atomic E-state index is 11.8. The lowest BCUT2D eigenvalue weighted by molar-refractivity contribution is 0.482. The molecule has 86 valence electrons. The largest absolute Gasteiger partial charge is 0.335 e. The standard InChI is InChI=1S/C8H14BrN3O2S/c1-6(2)7(3-9)12-15(13,14)8-4-10-5-11-8/h4-7,12H,3H2,1-2H3,(H,10,11). The van der Waals surface area contributed by atoms with E-state index in [0.717, 1.165) is 0 Å². The lowest BCUT2D eigenvalue weighted by atomic mass is 10.1. The molecule has 0 aliphatic carbocycles. The molecule has 1 heterocycles. The fourth-order valence-electron chi connectivity index (χ4n) is 0.999. The monoisotopic (exact) mass is 295 g/mol. The van der Waals surface area contributed by atoms with Crippen molar-refractivity contribution in [2.24, 2.45) is 5.92 Å². The van der Waals surface area contributed by atoms with Gasteiger partial charge in [0.1, 0.15) is 0 Å². The van der Waals surface area contributed by atoms with E-state index < -0.39 is 10.0 Å². The Bertz CT molecular complexity index is 388. The van der Waals surface area contributed by atoms with E-state index in [1.807, 2.05) is 13.8 Å². The van der Waals surface area contributed by atoms with Crippen LogP contribution in [0.3, 0.4) is 0 Å². The molecule has 0 fully saturated rings. The molecule has 0 aliphatic rings. The summed E-state index contributed by atoms with van der Waals surface area (Å²) in [5, 5.41) is 0.673. The summed E-state index contributed by atoms with van der Waals surface area (Å²) in [5.41, 5.74) is 0. The maximum atomic E-state index is 11.8. The molecular weight excluding hydrogens is 282 g/mol. The van der Waals surface area contributed by atoms with E-state index in [4.69, 9.17) is 0 Å². The van der Waals surface area contributed by atoms with Gasteiger partial charge in [0.05, 0.1) is 12.5 Å². The van der Waals surface area contributed by atoms with Crippen molar-refractivity contribution in [2.75, 3.05) is 5.33 Å². The molecule has 1 atom stereocenters. The van der Waals surface area contributed by atoms with E-state index in [-0.39, 0.29) is 17.0 Å². The summed E-state index contributed by atoms with van der Waals surface area (Å²) in [5.74, 6) is 0.224. The number of nitrogens with zero attached hydrogens (tertiary/aromatic N) is 1. The van der Waals surface area contributed by atoms with Gasteiger partial charge in [-0.2, -0.15) is 0 Å². The first-order valence-electron chi connectivity index (χ1n) is 4.54. The minimum absolute atomic E-state index is 0.0918. The molecular formula is C8H14BrN3O2S. The number of hydrogen-bond acceptors (Lipinski definition) is 3. The van der Waals surface area contributed by atoms with Crippen molar-refractivity contribution in [3.8, 4) is 0 Å². The predicted molar refractivity (Wildman–Crippen MR) is 61.3 cm³/mol. The van der Waals surface area contributed by atoms with Crippen molar-refractivity contribution in [3.05, 3.63) is 12.5 Å². The van der Waals surface area contributed by atoms with Crippen LogP contribution in [0.25, 0.3) is 0 Å². The molecule has 1 aromatic rings. The number of nitrogens with one attached hydrogen (secondary N) is 2. The molecule has 1 unspecified atom stereocenters. The number of imidazole rings is 1. The summed E-state index contributed by atoms with van der Waals surface area (Å²) in [6, 6.07) is -0.127. The van der Waals surface area contributed by atoms with E-state index in [1.54, 1.807) is 0 Å². The third kappa shape index (κ3) is 3.29. The summed E-state index contributed by atoms with van der Waals surface area (Å²) < 4.78 is 26.1. The normalized spacial score (nSPS) is 14.4. The van der Waals surface area contributed by atoms with Crippen molar-refractivity contribution in [3.63, 3.8) is 0 Å². The highest BCUT2D eigenvalue weighted by Gasteiger charge is 2.22. The van der Waals surface area contributed by atoms with Gasteiger partial charge >= 0.3 is 0 Å². The number of H-pyrrole nitrogens is 1. The molecule has 0 saturated heterocycles. The van der Waals surface area contributed by atoms with E-state index in [0.29, 0.717) is 5.33 Å². The van der Waals surface area contributed by atoms with Gasteiger partial charge in [-0.1, -0.05) is 29.8 Å². The van der Waals surface area contributed by atoms with E-state index in [1.165, 1.54) is 12.5 Å². The number of alkyl halides is 1. The first kappa shape index (κ1) is 12.7. The van der Waals surface area contributed by atoms with Crippen molar-refractivity contribution in [1.29, 1.82) is 0 Å². The highest BCUT2D eigenvalue weighted by molar-refractivity contribution is 9.09. The minimum atomic E-state index is -3.47. The van der Waals surface area contributed by atoms with E-state index >= 15 is 0 Å². The SMILES string of the molecule is CC(C)C(CBr)NS(=O)(=O)c1cnc[nH]1. The average Bonchev–Trinajstić information content (AvgIpc) is 2.67. The van der Waals surface area contributed by atoms with Crippen LogP contribution in [-0.2, 0) is 10.0 Å². The Morgan fingerprint density at radius 3 is 2.67 bits per heavy atom. The maximum Gasteiger partial charge on any atom is 0.257 e. The smallest absolute Gasteiger partial charge is 0.257 e. The van der Waals surface area contributed by atoms with Crippen molar-refractivity contribution in [1.82, 2.24) is 14.7 Å². The predicted octanol–water partition coefficient (Wildman–Crippen LogP) is 1.11. The Kier molecular flexibility index (Phi) is 4.30. The first-order chi connectivity index (χ1) is 6.97. The second-order valence-electron chi connectivity index (χ2n) is 3.54. The molecule has 0 bridgehead atoms.